The highest BCUT2D eigenvalue weighted by Gasteiger charge is 2.24. The minimum absolute atomic E-state index is 0.122. The molecule has 2 aromatic heterocycles. The molecule has 0 fully saturated rings. The van der Waals surface area contributed by atoms with Crippen molar-refractivity contribution in [2.24, 2.45) is 0 Å². The molecule has 0 saturated carbocycles. The van der Waals surface area contributed by atoms with Gasteiger partial charge >= 0.3 is 0 Å². The van der Waals surface area contributed by atoms with E-state index in [-0.39, 0.29) is 5.91 Å². The third-order valence-corrected chi connectivity index (χ3v) is 4.46. The van der Waals surface area contributed by atoms with Crippen LogP contribution in [0.4, 0.5) is 5.82 Å². The number of hydrogen-bond acceptors (Lipinski definition) is 5. The molecule has 0 N–H and O–H groups in total. The van der Waals surface area contributed by atoms with Crippen LogP contribution >= 0.6 is 0 Å². The van der Waals surface area contributed by atoms with Gasteiger partial charge in [-0.2, -0.15) is 0 Å². The molecule has 0 radical (unpaired) electrons. The first-order valence-corrected chi connectivity index (χ1v) is 9.38. The summed E-state index contributed by atoms with van der Waals surface area (Å²) in [5, 5.41) is 3.88. The smallest absolute Gasteiger partial charge is 0.274 e. The predicted molar refractivity (Wildman–Crippen MR) is 103 cm³/mol. The van der Waals surface area contributed by atoms with E-state index in [0.29, 0.717) is 31.0 Å². The maximum absolute atomic E-state index is 13.0. The number of unbranched alkanes of at least 4 members (excludes halogenated alkanes) is 2. The summed E-state index contributed by atoms with van der Waals surface area (Å²) in [5.74, 6) is 1.15. The van der Waals surface area contributed by atoms with Gasteiger partial charge in [-0.1, -0.05) is 18.5 Å². The highest BCUT2D eigenvalue weighted by molar-refractivity contribution is 5.99. The molecule has 0 unspecified atom stereocenters. The predicted octanol–water partition coefficient (Wildman–Crippen LogP) is 2.67. The van der Waals surface area contributed by atoms with Gasteiger partial charge in [-0.3, -0.25) is 9.59 Å². The van der Waals surface area contributed by atoms with Crippen molar-refractivity contribution in [3.05, 3.63) is 29.5 Å². The minimum atomic E-state index is -0.122. The van der Waals surface area contributed by atoms with Crippen LogP contribution in [0.3, 0.4) is 0 Å². The van der Waals surface area contributed by atoms with E-state index in [1.54, 1.807) is 25.3 Å². The van der Waals surface area contributed by atoms with Crippen LogP contribution in [-0.4, -0.2) is 52.6 Å². The standard InChI is InChI=1S/C19H29N5O3/c1-5-6-11-24-13-20-18(23(4)14-25)17(24)19(26)22(3)10-8-7-9-16-12-15(2)21-27-16/h12-14H,5-11H2,1-4H3. The highest BCUT2D eigenvalue weighted by Crippen LogP contribution is 2.19. The summed E-state index contributed by atoms with van der Waals surface area (Å²) in [7, 11) is 3.39. The van der Waals surface area contributed by atoms with E-state index in [4.69, 9.17) is 4.52 Å². The molecule has 2 rings (SSSR count). The van der Waals surface area contributed by atoms with Crippen molar-refractivity contribution in [2.45, 2.75) is 52.5 Å². The highest BCUT2D eigenvalue weighted by atomic mass is 16.5. The third kappa shape index (κ3) is 5.42. The van der Waals surface area contributed by atoms with Crippen molar-refractivity contribution >= 4 is 18.1 Å². The average molecular weight is 375 g/mol. The average Bonchev–Trinajstić information content (AvgIpc) is 3.28. The van der Waals surface area contributed by atoms with Crippen LogP contribution in [-0.2, 0) is 17.8 Å². The minimum Gasteiger partial charge on any atom is -0.361 e. The van der Waals surface area contributed by atoms with Gasteiger partial charge in [-0.25, -0.2) is 4.98 Å². The molecule has 148 valence electrons. The van der Waals surface area contributed by atoms with Gasteiger partial charge in [0.05, 0.1) is 12.0 Å². The summed E-state index contributed by atoms with van der Waals surface area (Å²) in [5.41, 5.74) is 1.34. The summed E-state index contributed by atoms with van der Waals surface area (Å²) >= 11 is 0. The van der Waals surface area contributed by atoms with Gasteiger partial charge in [-0.15, -0.1) is 0 Å². The summed E-state index contributed by atoms with van der Waals surface area (Å²) in [6, 6.07) is 1.93. The Morgan fingerprint density at radius 3 is 2.70 bits per heavy atom. The molecule has 0 aromatic carbocycles. The summed E-state index contributed by atoms with van der Waals surface area (Å²) in [6.45, 7) is 5.32. The number of aromatic nitrogens is 3. The van der Waals surface area contributed by atoms with E-state index in [1.807, 2.05) is 17.6 Å². The quantitative estimate of drug-likeness (QED) is 0.445. The van der Waals surface area contributed by atoms with Crippen LogP contribution in [0.1, 0.15) is 54.5 Å². The van der Waals surface area contributed by atoms with Crippen molar-refractivity contribution in [1.82, 2.24) is 19.6 Å². The van der Waals surface area contributed by atoms with E-state index < -0.39 is 0 Å². The third-order valence-electron chi connectivity index (χ3n) is 4.46. The largest absolute Gasteiger partial charge is 0.361 e. The molecule has 0 spiro atoms. The SMILES string of the molecule is CCCCn1cnc(N(C)C=O)c1C(=O)N(C)CCCCc1cc(C)no1. The van der Waals surface area contributed by atoms with Gasteiger partial charge in [0.2, 0.25) is 6.41 Å². The molecular weight excluding hydrogens is 346 g/mol. The number of anilines is 1. The Labute approximate surface area is 160 Å². The second-order valence-electron chi connectivity index (χ2n) is 6.80. The first-order valence-electron chi connectivity index (χ1n) is 9.38. The number of carbonyl (C=O) groups excluding carboxylic acids is 2. The van der Waals surface area contributed by atoms with Crippen LogP contribution in [0, 0.1) is 6.92 Å². The lowest BCUT2D eigenvalue weighted by molar-refractivity contribution is -0.107. The molecule has 0 saturated heterocycles. The Morgan fingerprint density at radius 1 is 1.30 bits per heavy atom. The Balaban J connectivity index is 1.99. The molecule has 0 atom stereocenters. The molecule has 0 bridgehead atoms. The Morgan fingerprint density at radius 2 is 2.07 bits per heavy atom. The van der Waals surface area contributed by atoms with Gasteiger partial charge in [0.1, 0.15) is 5.76 Å². The van der Waals surface area contributed by atoms with Gasteiger partial charge in [-0.05, 0) is 26.2 Å². The molecule has 0 aliphatic heterocycles. The fourth-order valence-electron chi connectivity index (χ4n) is 2.86. The molecule has 0 aliphatic rings. The first kappa shape index (κ1) is 20.7. The molecule has 2 aromatic rings. The topological polar surface area (TPSA) is 84.5 Å². The lowest BCUT2D eigenvalue weighted by Gasteiger charge is -2.20. The van der Waals surface area contributed by atoms with Gasteiger partial charge in [0.15, 0.2) is 11.5 Å². The van der Waals surface area contributed by atoms with Crippen molar-refractivity contribution < 1.29 is 14.1 Å². The number of amides is 2. The van der Waals surface area contributed by atoms with Gasteiger partial charge < -0.3 is 18.9 Å². The van der Waals surface area contributed by atoms with Crippen LogP contribution < -0.4 is 4.90 Å². The lowest BCUT2D eigenvalue weighted by atomic mass is 10.2. The molecule has 8 heteroatoms. The fraction of sp³-hybridized carbons (Fsp3) is 0.579. The van der Waals surface area contributed by atoms with Gasteiger partial charge in [0.25, 0.3) is 5.91 Å². The molecule has 0 aliphatic carbocycles. The Bertz CT molecular complexity index is 752. The monoisotopic (exact) mass is 375 g/mol. The van der Waals surface area contributed by atoms with Crippen molar-refractivity contribution in [1.29, 1.82) is 0 Å². The van der Waals surface area contributed by atoms with Crippen LogP contribution in [0.2, 0.25) is 0 Å². The molecule has 8 nitrogen and oxygen atoms in total. The van der Waals surface area contributed by atoms with E-state index in [9.17, 15) is 9.59 Å². The zero-order valence-electron chi connectivity index (χ0n) is 16.6. The normalized spacial score (nSPS) is 10.8. The summed E-state index contributed by atoms with van der Waals surface area (Å²) < 4.78 is 7.05. The number of rotatable bonds is 11. The van der Waals surface area contributed by atoms with Crippen LogP contribution in [0.25, 0.3) is 0 Å². The lowest BCUT2D eigenvalue weighted by Crippen LogP contribution is -2.31. The zero-order chi connectivity index (χ0) is 19.8. The summed E-state index contributed by atoms with van der Waals surface area (Å²) in [4.78, 5) is 31.5. The number of carbonyl (C=O) groups is 2. The van der Waals surface area contributed by atoms with Gasteiger partial charge in [0, 0.05) is 39.7 Å². The molecule has 2 heterocycles. The molecular formula is C19H29N5O3. The zero-order valence-corrected chi connectivity index (χ0v) is 16.6. The maximum Gasteiger partial charge on any atom is 0.274 e. The Kier molecular flexibility index (Phi) is 7.57. The van der Waals surface area contributed by atoms with E-state index in [2.05, 4.69) is 17.1 Å². The number of hydrogen-bond donors (Lipinski definition) is 0. The van der Waals surface area contributed by atoms with E-state index in [1.165, 1.54) is 4.90 Å². The number of aryl methyl sites for hydroxylation is 3. The molecule has 2 amide bonds. The fourth-order valence-corrected chi connectivity index (χ4v) is 2.86. The van der Waals surface area contributed by atoms with Crippen molar-refractivity contribution in [2.75, 3.05) is 25.5 Å². The summed E-state index contributed by atoms with van der Waals surface area (Å²) in [6.07, 6.45) is 6.83. The van der Waals surface area contributed by atoms with E-state index in [0.717, 1.165) is 43.6 Å². The van der Waals surface area contributed by atoms with E-state index >= 15 is 0 Å². The van der Waals surface area contributed by atoms with Crippen molar-refractivity contribution in [3.8, 4) is 0 Å². The van der Waals surface area contributed by atoms with Crippen LogP contribution in [0.5, 0.6) is 0 Å². The van der Waals surface area contributed by atoms with Crippen LogP contribution in [0.15, 0.2) is 16.9 Å². The number of nitrogens with zero attached hydrogens (tertiary/aromatic N) is 5. The second kappa shape index (κ2) is 9.89. The maximum atomic E-state index is 13.0. The van der Waals surface area contributed by atoms with Crippen molar-refractivity contribution in [3.63, 3.8) is 0 Å². The first-order chi connectivity index (χ1) is 13.0. The Hall–Kier alpha value is -2.64. The second-order valence-corrected chi connectivity index (χ2v) is 6.80. The molecule has 27 heavy (non-hydrogen) atoms. The number of imidazole rings is 1.